The summed E-state index contributed by atoms with van der Waals surface area (Å²) >= 11 is 0. The zero-order valence-corrected chi connectivity index (χ0v) is 8.45. The van der Waals surface area contributed by atoms with Crippen molar-refractivity contribution in [2.24, 2.45) is 0 Å². The zero-order chi connectivity index (χ0) is 9.97. The molecule has 3 heteroatoms. The molecule has 2 rings (SSSR count). The predicted octanol–water partition coefficient (Wildman–Crippen LogP) is 2.71. The van der Waals surface area contributed by atoms with Gasteiger partial charge < -0.3 is 4.52 Å². The lowest BCUT2D eigenvalue weighted by Gasteiger charge is -2.03. The minimum atomic E-state index is 0.433. The van der Waals surface area contributed by atoms with Crippen LogP contribution in [-0.2, 0) is 6.42 Å². The number of hydrogen-bond donors (Lipinski definition) is 0. The number of rotatable bonds is 3. The van der Waals surface area contributed by atoms with E-state index in [9.17, 15) is 4.79 Å². The van der Waals surface area contributed by atoms with E-state index in [1.807, 2.05) is 6.92 Å². The Morgan fingerprint density at radius 2 is 2.21 bits per heavy atom. The molecule has 0 unspecified atom stereocenters. The van der Waals surface area contributed by atoms with Gasteiger partial charge in [-0.25, -0.2) is 0 Å². The number of aryl methyl sites for hydroxylation is 1. The third-order valence-electron chi connectivity index (χ3n) is 3.01. The highest BCUT2D eigenvalue weighted by Gasteiger charge is 2.25. The molecule has 1 aliphatic carbocycles. The third kappa shape index (κ3) is 1.47. The maximum atomic E-state index is 10.9. The minimum absolute atomic E-state index is 0.433. The molecular weight excluding hydrogens is 178 g/mol. The van der Waals surface area contributed by atoms with E-state index in [1.54, 1.807) is 0 Å². The quantitative estimate of drug-likeness (QED) is 0.693. The number of nitrogens with zero attached hydrogens (tertiary/aromatic N) is 1. The molecule has 0 amide bonds. The molecule has 0 aromatic carbocycles. The van der Waals surface area contributed by atoms with Crippen molar-refractivity contribution in [3.8, 4) is 0 Å². The topological polar surface area (TPSA) is 43.1 Å². The molecule has 0 aliphatic heterocycles. The largest absolute Gasteiger partial charge is 0.360 e. The summed E-state index contributed by atoms with van der Waals surface area (Å²) in [5.41, 5.74) is 1.52. The summed E-state index contributed by atoms with van der Waals surface area (Å²) in [6, 6.07) is 0. The lowest BCUT2D eigenvalue weighted by atomic mass is 10.00. The molecule has 14 heavy (non-hydrogen) atoms. The number of aldehydes is 1. The number of carbonyl (C=O) groups is 1. The summed E-state index contributed by atoms with van der Waals surface area (Å²) in [6.45, 7) is 1.99. The molecule has 0 radical (unpaired) electrons. The van der Waals surface area contributed by atoms with Crippen molar-refractivity contribution in [2.75, 3.05) is 0 Å². The summed E-state index contributed by atoms with van der Waals surface area (Å²) in [7, 11) is 0. The maximum absolute atomic E-state index is 10.9. The van der Waals surface area contributed by atoms with Crippen LogP contribution in [0.5, 0.6) is 0 Å². The van der Waals surface area contributed by atoms with E-state index in [1.165, 1.54) is 12.8 Å². The van der Waals surface area contributed by atoms with E-state index in [0.717, 1.165) is 37.0 Å². The Balaban J connectivity index is 2.31. The standard InChI is InChI=1S/C11H15NO2/c1-2-10-9(7-13)11(14-12-10)8-5-3-4-6-8/h7-8H,2-6H2,1H3. The van der Waals surface area contributed by atoms with E-state index in [0.29, 0.717) is 11.5 Å². The predicted molar refractivity (Wildman–Crippen MR) is 52.5 cm³/mol. The Kier molecular flexibility index (Phi) is 2.66. The molecule has 0 atom stereocenters. The van der Waals surface area contributed by atoms with Gasteiger partial charge in [0, 0.05) is 5.92 Å². The first-order valence-corrected chi connectivity index (χ1v) is 5.30. The molecular formula is C11H15NO2. The highest BCUT2D eigenvalue weighted by molar-refractivity contribution is 5.78. The molecule has 3 nitrogen and oxygen atoms in total. The second-order valence-electron chi connectivity index (χ2n) is 3.86. The third-order valence-corrected chi connectivity index (χ3v) is 3.01. The first-order valence-electron chi connectivity index (χ1n) is 5.30. The van der Waals surface area contributed by atoms with Crippen LogP contribution in [0.25, 0.3) is 0 Å². The highest BCUT2D eigenvalue weighted by Crippen LogP contribution is 2.36. The Bertz CT molecular complexity index is 324. The smallest absolute Gasteiger partial charge is 0.155 e. The summed E-state index contributed by atoms with van der Waals surface area (Å²) in [5, 5.41) is 3.94. The molecule has 1 aliphatic rings. The SMILES string of the molecule is CCc1noc(C2CCCC2)c1C=O. The summed E-state index contributed by atoms with van der Waals surface area (Å²) in [6.07, 6.45) is 6.42. The lowest BCUT2D eigenvalue weighted by Crippen LogP contribution is -1.96. The molecule has 1 saturated carbocycles. The van der Waals surface area contributed by atoms with Gasteiger partial charge >= 0.3 is 0 Å². The molecule has 1 fully saturated rings. The first-order chi connectivity index (χ1) is 6.86. The Hall–Kier alpha value is -1.12. The second-order valence-corrected chi connectivity index (χ2v) is 3.86. The van der Waals surface area contributed by atoms with Gasteiger partial charge in [-0.15, -0.1) is 0 Å². The van der Waals surface area contributed by atoms with Crippen molar-refractivity contribution in [1.82, 2.24) is 5.16 Å². The molecule has 0 bridgehead atoms. The maximum Gasteiger partial charge on any atom is 0.155 e. The summed E-state index contributed by atoms with van der Waals surface area (Å²) in [5.74, 6) is 1.26. The molecule has 0 saturated heterocycles. The van der Waals surface area contributed by atoms with Crippen molar-refractivity contribution in [1.29, 1.82) is 0 Å². The van der Waals surface area contributed by atoms with E-state index < -0.39 is 0 Å². The molecule has 1 aromatic heterocycles. The van der Waals surface area contributed by atoms with Crippen molar-refractivity contribution in [2.45, 2.75) is 44.9 Å². The summed E-state index contributed by atoms with van der Waals surface area (Å²) in [4.78, 5) is 10.9. The first kappa shape index (κ1) is 9.44. The van der Waals surface area contributed by atoms with Crippen LogP contribution in [0.4, 0.5) is 0 Å². The van der Waals surface area contributed by atoms with Gasteiger partial charge in [0.25, 0.3) is 0 Å². The molecule has 76 valence electrons. The number of aromatic nitrogens is 1. The van der Waals surface area contributed by atoms with Crippen LogP contribution in [-0.4, -0.2) is 11.4 Å². The van der Waals surface area contributed by atoms with E-state index in [-0.39, 0.29) is 0 Å². The monoisotopic (exact) mass is 193 g/mol. The molecule has 0 spiro atoms. The van der Waals surface area contributed by atoms with Crippen LogP contribution >= 0.6 is 0 Å². The Morgan fingerprint density at radius 1 is 1.50 bits per heavy atom. The van der Waals surface area contributed by atoms with Gasteiger partial charge in [0.2, 0.25) is 0 Å². The lowest BCUT2D eigenvalue weighted by molar-refractivity contribution is 0.112. The van der Waals surface area contributed by atoms with E-state index in [2.05, 4.69) is 5.16 Å². The number of carbonyl (C=O) groups excluding carboxylic acids is 1. The van der Waals surface area contributed by atoms with E-state index >= 15 is 0 Å². The van der Waals surface area contributed by atoms with Crippen LogP contribution in [0.1, 0.15) is 60.3 Å². The van der Waals surface area contributed by atoms with Gasteiger partial charge in [-0.1, -0.05) is 24.9 Å². The van der Waals surface area contributed by atoms with Gasteiger partial charge in [-0.2, -0.15) is 0 Å². The number of hydrogen-bond acceptors (Lipinski definition) is 3. The van der Waals surface area contributed by atoms with E-state index in [4.69, 9.17) is 4.52 Å². The van der Waals surface area contributed by atoms with Crippen LogP contribution in [0.15, 0.2) is 4.52 Å². The molecule has 1 aromatic rings. The van der Waals surface area contributed by atoms with Crippen molar-refractivity contribution in [3.05, 3.63) is 17.0 Å². The average Bonchev–Trinajstić information content (AvgIpc) is 2.85. The fourth-order valence-electron chi connectivity index (χ4n) is 2.21. The zero-order valence-electron chi connectivity index (χ0n) is 8.45. The Morgan fingerprint density at radius 3 is 2.79 bits per heavy atom. The average molecular weight is 193 g/mol. The minimum Gasteiger partial charge on any atom is -0.360 e. The normalized spacial score (nSPS) is 17.5. The summed E-state index contributed by atoms with van der Waals surface area (Å²) < 4.78 is 5.28. The molecule has 1 heterocycles. The van der Waals surface area contributed by atoms with Crippen molar-refractivity contribution < 1.29 is 9.32 Å². The van der Waals surface area contributed by atoms with Gasteiger partial charge in [-0.05, 0) is 19.3 Å². The molecule has 0 N–H and O–H groups in total. The van der Waals surface area contributed by atoms with Crippen LogP contribution < -0.4 is 0 Å². The van der Waals surface area contributed by atoms with Crippen LogP contribution in [0.3, 0.4) is 0 Å². The van der Waals surface area contributed by atoms with Gasteiger partial charge in [0.1, 0.15) is 0 Å². The van der Waals surface area contributed by atoms with Gasteiger partial charge in [-0.3, -0.25) is 4.79 Å². The van der Waals surface area contributed by atoms with Crippen molar-refractivity contribution >= 4 is 6.29 Å². The highest BCUT2D eigenvalue weighted by atomic mass is 16.5. The van der Waals surface area contributed by atoms with Gasteiger partial charge in [0.05, 0.1) is 11.3 Å². The fraction of sp³-hybridized carbons (Fsp3) is 0.636. The second kappa shape index (κ2) is 3.95. The van der Waals surface area contributed by atoms with Crippen LogP contribution in [0, 0.1) is 0 Å². The van der Waals surface area contributed by atoms with Crippen LogP contribution in [0.2, 0.25) is 0 Å². The Labute approximate surface area is 83.5 Å². The van der Waals surface area contributed by atoms with Crippen molar-refractivity contribution in [3.63, 3.8) is 0 Å². The fourth-order valence-corrected chi connectivity index (χ4v) is 2.21. The van der Waals surface area contributed by atoms with Gasteiger partial charge in [0.15, 0.2) is 12.0 Å².